The molecule has 1 aliphatic carbocycles. The van der Waals surface area contributed by atoms with Gasteiger partial charge in [0.15, 0.2) is 0 Å². The van der Waals surface area contributed by atoms with Crippen LogP contribution >= 0.6 is 0 Å². The lowest BCUT2D eigenvalue weighted by atomic mass is 10.1. The van der Waals surface area contributed by atoms with Crippen molar-refractivity contribution in [1.82, 2.24) is 19.9 Å². The summed E-state index contributed by atoms with van der Waals surface area (Å²) in [5.74, 6) is 1.58. The van der Waals surface area contributed by atoms with Crippen LogP contribution in [0.3, 0.4) is 0 Å². The van der Waals surface area contributed by atoms with E-state index in [1.165, 1.54) is 36.2 Å². The minimum atomic E-state index is -4.33. The highest BCUT2D eigenvalue weighted by Crippen LogP contribution is 2.38. The van der Waals surface area contributed by atoms with Crippen molar-refractivity contribution in [2.45, 2.75) is 44.4 Å². The van der Waals surface area contributed by atoms with Gasteiger partial charge in [-0.15, -0.1) is 0 Å². The van der Waals surface area contributed by atoms with Gasteiger partial charge in [0.2, 0.25) is 0 Å². The number of rotatable bonds is 4. The van der Waals surface area contributed by atoms with Crippen LogP contribution in [0, 0.1) is 0 Å². The van der Waals surface area contributed by atoms with Gasteiger partial charge in [-0.05, 0) is 36.6 Å². The Morgan fingerprint density at radius 3 is 2.43 bits per heavy atom. The maximum atomic E-state index is 12.7. The highest BCUT2D eigenvalue weighted by molar-refractivity contribution is 5.59. The van der Waals surface area contributed by atoms with Gasteiger partial charge in [-0.1, -0.05) is 18.2 Å². The van der Waals surface area contributed by atoms with E-state index in [4.69, 9.17) is 4.98 Å². The summed E-state index contributed by atoms with van der Waals surface area (Å²) in [4.78, 5) is 16.1. The molecule has 2 aliphatic rings. The topological polar surface area (TPSA) is 41.9 Å². The predicted octanol–water partition coefficient (Wildman–Crippen LogP) is 4.99. The molecule has 3 heterocycles. The molecule has 0 atom stereocenters. The molecule has 0 unspecified atom stereocenters. The molecule has 0 radical (unpaired) electrons. The van der Waals surface area contributed by atoms with Gasteiger partial charge in [-0.3, -0.25) is 9.88 Å². The van der Waals surface area contributed by atoms with E-state index in [-0.39, 0.29) is 0 Å². The Labute approximate surface area is 172 Å². The Kier molecular flexibility index (Phi) is 4.77. The molecule has 154 valence electrons. The molecule has 1 aromatic carbocycles. The van der Waals surface area contributed by atoms with E-state index in [0.29, 0.717) is 17.2 Å². The largest absolute Gasteiger partial charge is 0.416 e. The minimum absolute atomic E-state index is 0.572. The first-order valence-corrected chi connectivity index (χ1v) is 10.2. The zero-order valence-corrected chi connectivity index (χ0v) is 16.4. The highest BCUT2D eigenvalue weighted by atomic mass is 19.4. The first-order chi connectivity index (χ1) is 14.5. The van der Waals surface area contributed by atoms with Crippen LogP contribution < -0.4 is 0 Å². The van der Waals surface area contributed by atoms with Crippen molar-refractivity contribution in [2.75, 3.05) is 6.54 Å². The smallest absolute Gasteiger partial charge is 0.294 e. The Bertz CT molecular complexity index is 1040. The number of nitrogens with zero attached hydrogens (tertiary/aromatic N) is 4. The molecule has 3 aromatic rings. The van der Waals surface area contributed by atoms with E-state index in [2.05, 4.69) is 14.9 Å². The molecule has 5 rings (SSSR count). The van der Waals surface area contributed by atoms with E-state index in [0.717, 1.165) is 49.6 Å². The predicted molar refractivity (Wildman–Crippen MR) is 107 cm³/mol. The van der Waals surface area contributed by atoms with Crippen LogP contribution in [0.4, 0.5) is 13.2 Å². The fourth-order valence-electron chi connectivity index (χ4n) is 3.84. The average molecular weight is 410 g/mol. The normalized spacial score (nSPS) is 17.0. The number of hydrogen-bond acceptors (Lipinski definition) is 4. The van der Waals surface area contributed by atoms with E-state index >= 15 is 0 Å². The monoisotopic (exact) mass is 410 g/mol. The average Bonchev–Trinajstić information content (AvgIpc) is 3.59. The molecule has 0 amide bonds. The molecule has 0 saturated heterocycles. The lowest BCUT2D eigenvalue weighted by molar-refractivity contribution is -0.137. The molecule has 7 heteroatoms. The van der Waals surface area contributed by atoms with Crippen molar-refractivity contribution in [3.05, 3.63) is 77.0 Å². The van der Waals surface area contributed by atoms with Gasteiger partial charge in [0, 0.05) is 61.2 Å². The fraction of sp³-hybridized carbons (Fsp3) is 0.348. The van der Waals surface area contributed by atoms with Gasteiger partial charge in [0.25, 0.3) is 0 Å². The van der Waals surface area contributed by atoms with Gasteiger partial charge < -0.3 is 0 Å². The number of benzene rings is 1. The van der Waals surface area contributed by atoms with Crippen molar-refractivity contribution >= 4 is 0 Å². The van der Waals surface area contributed by atoms with Crippen molar-refractivity contribution in [3.8, 4) is 11.3 Å². The Hall–Kier alpha value is -2.80. The van der Waals surface area contributed by atoms with Crippen molar-refractivity contribution < 1.29 is 13.2 Å². The van der Waals surface area contributed by atoms with Crippen molar-refractivity contribution in [2.24, 2.45) is 0 Å². The zero-order valence-electron chi connectivity index (χ0n) is 16.4. The van der Waals surface area contributed by atoms with Crippen LogP contribution in [0.5, 0.6) is 0 Å². The number of hydrogen-bond donors (Lipinski definition) is 0. The van der Waals surface area contributed by atoms with E-state index in [1.807, 2.05) is 18.3 Å². The second-order valence-corrected chi connectivity index (χ2v) is 8.06. The van der Waals surface area contributed by atoms with Gasteiger partial charge in [-0.2, -0.15) is 13.2 Å². The number of halogens is 3. The molecule has 0 spiro atoms. The highest BCUT2D eigenvalue weighted by Gasteiger charge is 2.30. The van der Waals surface area contributed by atoms with E-state index in [1.54, 1.807) is 6.20 Å². The third-order valence-electron chi connectivity index (χ3n) is 5.71. The first-order valence-electron chi connectivity index (χ1n) is 10.2. The second kappa shape index (κ2) is 7.47. The van der Waals surface area contributed by atoms with E-state index < -0.39 is 11.7 Å². The maximum absolute atomic E-state index is 12.7. The maximum Gasteiger partial charge on any atom is 0.416 e. The molecule has 0 N–H and O–H groups in total. The molecular formula is C23H21F3N4. The standard InChI is InChI=1S/C23H21F3N4/c24-23(25,26)19-6-4-16(5-7-19)20-8-1-15(11-27-20)13-30-10-9-21-18(14-30)12-28-22(29-21)17-2-3-17/h1,4-8,11-12,17H,2-3,9-10,13-14H2. The molecule has 1 aliphatic heterocycles. The summed E-state index contributed by atoms with van der Waals surface area (Å²) in [5, 5.41) is 0. The van der Waals surface area contributed by atoms with Gasteiger partial charge in [-0.25, -0.2) is 9.97 Å². The molecule has 2 aromatic heterocycles. The lowest BCUT2D eigenvalue weighted by Gasteiger charge is -2.28. The summed E-state index contributed by atoms with van der Waals surface area (Å²) in [6, 6.07) is 8.95. The number of pyridine rings is 1. The number of fused-ring (bicyclic) bond motifs is 1. The van der Waals surface area contributed by atoms with E-state index in [9.17, 15) is 13.2 Å². The third-order valence-corrected chi connectivity index (χ3v) is 5.71. The molecule has 1 saturated carbocycles. The Balaban J connectivity index is 1.24. The number of alkyl halides is 3. The van der Waals surface area contributed by atoms with Crippen LogP contribution in [-0.4, -0.2) is 26.4 Å². The van der Waals surface area contributed by atoms with Gasteiger partial charge >= 0.3 is 6.18 Å². The minimum Gasteiger partial charge on any atom is -0.294 e. The Morgan fingerprint density at radius 2 is 1.77 bits per heavy atom. The summed E-state index contributed by atoms with van der Waals surface area (Å²) in [6.45, 7) is 2.53. The molecule has 0 bridgehead atoms. The molecule has 1 fully saturated rings. The number of aromatic nitrogens is 3. The first kappa shape index (κ1) is 19.2. The van der Waals surface area contributed by atoms with Crippen molar-refractivity contribution in [3.63, 3.8) is 0 Å². The van der Waals surface area contributed by atoms with Crippen LogP contribution in [0.1, 0.15) is 47.0 Å². The SMILES string of the molecule is FC(F)(F)c1ccc(-c2ccc(CN3CCc4nc(C5CC5)ncc4C3)cn2)cc1. The summed E-state index contributed by atoms with van der Waals surface area (Å²) < 4.78 is 38.2. The molecular weight excluding hydrogens is 389 g/mol. The summed E-state index contributed by atoms with van der Waals surface area (Å²) >= 11 is 0. The summed E-state index contributed by atoms with van der Waals surface area (Å²) in [7, 11) is 0. The van der Waals surface area contributed by atoms with Crippen molar-refractivity contribution in [1.29, 1.82) is 0 Å². The Morgan fingerprint density at radius 1 is 0.967 bits per heavy atom. The van der Waals surface area contributed by atoms with Crippen LogP contribution in [0.15, 0.2) is 48.8 Å². The molecule has 4 nitrogen and oxygen atoms in total. The quantitative estimate of drug-likeness (QED) is 0.608. The molecule has 30 heavy (non-hydrogen) atoms. The third kappa shape index (κ3) is 4.07. The zero-order chi connectivity index (χ0) is 20.7. The lowest BCUT2D eigenvalue weighted by Crippen LogP contribution is -2.31. The van der Waals surface area contributed by atoms with Crippen LogP contribution in [-0.2, 0) is 25.7 Å². The summed E-state index contributed by atoms with van der Waals surface area (Å²) in [5.41, 5.74) is 4.13. The van der Waals surface area contributed by atoms with Gasteiger partial charge in [0.1, 0.15) is 5.82 Å². The van der Waals surface area contributed by atoms with Crippen LogP contribution in [0.25, 0.3) is 11.3 Å². The van der Waals surface area contributed by atoms with Gasteiger partial charge in [0.05, 0.1) is 11.3 Å². The second-order valence-electron chi connectivity index (χ2n) is 8.06. The van der Waals surface area contributed by atoms with Crippen LogP contribution in [0.2, 0.25) is 0 Å². The summed E-state index contributed by atoms with van der Waals surface area (Å²) in [6.07, 6.45) is 2.80. The fourth-order valence-corrected chi connectivity index (χ4v) is 3.84.